The maximum Gasteiger partial charge on any atom is 0.344 e. The van der Waals surface area contributed by atoms with Crippen LogP contribution in [0.25, 0.3) is 0 Å². The first-order valence-corrected chi connectivity index (χ1v) is 5.98. The van der Waals surface area contributed by atoms with Gasteiger partial charge in [0.15, 0.2) is 6.61 Å². The predicted molar refractivity (Wildman–Crippen MR) is 75.5 cm³/mol. The number of allylic oxidation sites excluding steroid dienone is 1. The fraction of sp³-hybridized carbons (Fsp3) is 0.154. The molecule has 0 spiro atoms. The first-order chi connectivity index (χ1) is 9.34. The minimum atomic E-state index is -0.919. The molecule has 0 aliphatic heterocycles. The lowest BCUT2D eigenvalue weighted by Crippen LogP contribution is -2.26. The Morgan fingerprint density at radius 1 is 1.30 bits per heavy atom. The van der Waals surface area contributed by atoms with Gasteiger partial charge in [-0.25, -0.2) is 4.79 Å². The van der Waals surface area contributed by atoms with Gasteiger partial charge in [-0.3, -0.25) is 10.2 Å². The number of nitrogens with two attached hydrogens (primary N) is 2. The molecule has 0 amide bonds. The van der Waals surface area contributed by atoms with E-state index in [0.29, 0.717) is 0 Å². The second-order valence-electron chi connectivity index (χ2n) is 3.95. The molecule has 5 N–H and O–H groups in total. The van der Waals surface area contributed by atoms with Gasteiger partial charge >= 0.3 is 5.97 Å². The van der Waals surface area contributed by atoms with Gasteiger partial charge in [0, 0.05) is 11.3 Å². The number of ketones is 1. The number of carbonyl (C=O) groups excluding carboxylic acids is 2. The lowest BCUT2D eigenvalue weighted by atomic mass is 10.1. The van der Waals surface area contributed by atoms with Crippen LogP contribution in [0.5, 0.6) is 0 Å². The number of benzene rings is 1. The fourth-order valence-corrected chi connectivity index (χ4v) is 1.69. The molecule has 1 aromatic carbocycles. The number of amidine groups is 1. The number of Topliss-reactive ketones (excluding diaryl/α,β-unsaturated/α-hetero) is 1. The SMILES string of the molecule is CC(N)=C(C(=N)N)C(=O)OCC(=O)c1ccccc1Cl. The van der Waals surface area contributed by atoms with Crippen molar-refractivity contribution in [3.63, 3.8) is 0 Å². The van der Waals surface area contributed by atoms with Gasteiger partial charge in [-0.2, -0.15) is 0 Å². The summed E-state index contributed by atoms with van der Waals surface area (Å²) in [6.07, 6.45) is 0. The van der Waals surface area contributed by atoms with Gasteiger partial charge in [0.1, 0.15) is 11.4 Å². The van der Waals surface area contributed by atoms with Gasteiger partial charge in [-0.1, -0.05) is 23.7 Å². The van der Waals surface area contributed by atoms with E-state index in [-0.39, 0.29) is 21.9 Å². The van der Waals surface area contributed by atoms with Crippen molar-refractivity contribution in [1.82, 2.24) is 0 Å². The van der Waals surface area contributed by atoms with Crippen molar-refractivity contribution in [2.24, 2.45) is 11.5 Å². The summed E-state index contributed by atoms with van der Waals surface area (Å²) in [5.74, 6) is -1.89. The highest BCUT2D eigenvalue weighted by Gasteiger charge is 2.19. The predicted octanol–water partition coefficient (Wildman–Crippen LogP) is 1.23. The molecule has 1 rings (SSSR count). The number of rotatable bonds is 5. The highest BCUT2D eigenvalue weighted by atomic mass is 35.5. The maximum absolute atomic E-state index is 11.8. The molecule has 0 saturated carbocycles. The zero-order valence-corrected chi connectivity index (χ0v) is 11.5. The normalized spacial score (nSPS) is 11.5. The van der Waals surface area contributed by atoms with Crippen LogP contribution in [0.2, 0.25) is 5.02 Å². The van der Waals surface area contributed by atoms with Crippen LogP contribution in [0.1, 0.15) is 17.3 Å². The first kappa shape index (κ1) is 15.7. The molecule has 0 bridgehead atoms. The number of carbonyl (C=O) groups is 2. The maximum atomic E-state index is 11.8. The first-order valence-electron chi connectivity index (χ1n) is 5.60. The second kappa shape index (κ2) is 6.72. The molecule has 1 aromatic rings. The van der Waals surface area contributed by atoms with Crippen molar-refractivity contribution >= 4 is 29.2 Å². The summed E-state index contributed by atoms with van der Waals surface area (Å²) in [4.78, 5) is 23.5. The Morgan fingerprint density at radius 3 is 2.40 bits per heavy atom. The minimum absolute atomic E-state index is 0.0488. The third-order valence-corrected chi connectivity index (χ3v) is 2.71. The number of halogens is 1. The van der Waals surface area contributed by atoms with Gasteiger partial charge in [0.05, 0.1) is 5.02 Å². The minimum Gasteiger partial charge on any atom is -0.454 e. The largest absolute Gasteiger partial charge is 0.454 e. The lowest BCUT2D eigenvalue weighted by Gasteiger charge is -2.08. The quantitative estimate of drug-likeness (QED) is 0.248. The number of nitrogens with one attached hydrogen (secondary N) is 1. The number of ether oxygens (including phenoxy) is 1. The highest BCUT2D eigenvalue weighted by molar-refractivity contribution is 6.34. The molecule has 6 nitrogen and oxygen atoms in total. The Kier molecular flexibility index (Phi) is 5.28. The molecule has 7 heteroatoms. The molecule has 106 valence electrons. The van der Waals surface area contributed by atoms with Gasteiger partial charge in [0.2, 0.25) is 5.78 Å². The third-order valence-electron chi connectivity index (χ3n) is 2.38. The molecule has 0 aromatic heterocycles. The van der Waals surface area contributed by atoms with Gasteiger partial charge in [0.25, 0.3) is 0 Å². The van der Waals surface area contributed by atoms with Crippen LogP contribution in [-0.4, -0.2) is 24.2 Å². The van der Waals surface area contributed by atoms with Crippen molar-refractivity contribution in [1.29, 1.82) is 5.41 Å². The van der Waals surface area contributed by atoms with Gasteiger partial charge in [-0.15, -0.1) is 0 Å². The fourth-order valence-electron chi connectivity index (χ4n) is 1.45. The molecular weight excluding hydrogens is 282 g/mol. The molecule has 0 unspecified atom stereocenters. The lowest BCUT2D eigenvalue weighted by molar-refractivity contribution is -0.137. The average molecular weight is 296 g/mol. The zero-order valence-electron chi connectivity index (χ0n) is 10.8. The topological polar surface area (TPSA) is 119 Å². The molecule has 20 heavy (non-hydrogen) atoms. The van der Waals surface area contributed by atoms with Crippen LogP contribution >= 0.6 is 11.6 Å². The molecular formula is C13H14ClN3O3. The summed E-state index contributed by atoms with van der Waals surface area (Å²) in [5.41, 5.74) is 10.7. The third kappa shape index (κ3) is 3.83. The van der Waals surface area contributed by atoms with Crippen LogP contribution < -0.4 is 11.5 Å². The van der Waals surface area contributed by atoms with Crippen molar-refractivity contribution < 1.29 is 14.3 Å². The summed E-state index contributed by atoms with van der Waals surface area (Å²) >= 11 is 5.85. The monoisotopic (exact) mass is 295 g/mol. The van der Waals surface area contributed by atoms with Crippen LogP contribution in [0.3, 0.4) is 0 Å². The summed E-state index contributed by atoms with van der Waals surface area (Å²) < 4.78 is 4.79. The van der Waals surface area contributed by atoms with Gasteiger partial charge in [-0.05, 0) is 19.1 Å². The van der Waals surface area contributed by atoms with Crippen LogP contribution in [0.4, 0.5) is 0 Å². The summed E-state index contributed by atoms with van der Waals surface area (Å²) in [6, 6.07) is 6.40. The van der Waals surface area contributed by atoms with Crippen LogP contribution in [0.15, 0.2) is 35.5 Å². The Hall–Kier alpha value is -2.34. The second-order valence-corrected chi connectivity index (χ2v) is 4.36. The van der Waals surface area contributed by atoms with Gasteiger partial charge < -0.3 is 16.2 Å². The molecule has 0 aliphatic rings. The zero-order chi connectivity index (χ0) is 15.3. The van der Waals surface area contributed by atoms with Crippen LogP contribution in [-0.2, 0) is 9.53 Å². The Labute approximate surface area is 120 Å². The van der Waals surface area contributed by atoms with Crippen molar-refractivity contribution in [3.05, 3.63) is 46.1 Å². The molecule has 0 fully saturated rings. The van der Waals surface area contributed by atoms with E-state index in [4.69, 9.17) is 33.2 Å². The Bertz CT molecular complexity index is 592. The molecule has 0 atom stereocenters. The van der Waals surface area contributed by atoms with E-state index in [0.717, 1.165) is 0 Å². The van der Waals surface area contributed by atoms with E-state index in [1.165, 1.54) is 13.0 Å². The smallest absolute Gasteiger partial charge is 0.344 e. The number of hydrogen-bond donors (Lipinski definition) is 3. The van der Waals surface area contributed by atoms with E-state index < -0.39 is 24.2 Å². The Morgan fingerprint density at radius 2 is 1.90 bits per heavy atom. The summed E-state index contributed by atoms with van der Waals surface area (Å²) in [5, 5.41) is 7.50. The van der Waals surface area contributed by atoms with E-state index in [1.807, 2.05) is 0 Å². The van der Waals surface area contributed by atoms with Crippen molar-refractivity contribution in [3.8, 4) is 0 Å². The molecule has 0 saturated heterocycles. The number of hydrogen-bond acceptors (Lipinski definition) is 5. The van der Waals surface area contributed by atoms with Crippen molar-refractivity contribution in [2.75, 3.05) is 6.61 Å². The van der Waals surface area contributed by atoms with E-state index >= 15 is 0 Å². The molecule has 0 radical (unpaired) electrons. The van der Waals surface area contributed by atoms with Crippen molar-refractivity contribution in [2.45, 2.75) is 6.92 Å². The van der Waals surface area contributed by atoms with Crippen LogP contribution in [0, 0.1) is 5.41 Å². The van der Waals surface area contributed by atoms with E-state index in [2.05, 4.69) is 0 Å². The summed E-state index contributed by atoms with van der Waals surface area (Å²) in [6.45, 7) is 0.903. The highest BCUT2D eigenvalue weighted by Crippen LogP contribution is 2.15. The Balaban J connectivity index is 2.76. The molecule has 0 heterocycles. The number of esters is 1. The average Bonchev–Trinajstić information content (AvgIpc) is 2.35. The standard InChI is InChI=1S/C13H14ClN3O3/c1-7(15)11(12(16)17)13(19)20-6-10(18)8-4-2-3-5-9(8)14/h2-5H,6,15H2,1H3,(H3,16,17). The van der Waals surface area contributed by atoms with E-state index in [9.17, 15) is 9.59 Å². The van der Waals surface area contributed by atoms with E-state index in [1.54, 1.807) is 18.2 Å². The molecule has 0 aliphatic carbocycles. The summed E-state index contributed by atoms with van der Waals surface area (Å²) in [7, 11) is 0.